The molecule has 0 amide bonds. The highest BCUT2D eigenvalue weighted by atomic mass is 16.4. The van der Waals surface area contributed by atoms with Crippen molar-refractivity contribution in [3.8, 4) is 0 Å². The molecule has 0 aromatic heterocycles. The van der Waals surface area contributed by atoms with Crippen molar-refractivity contribution in [3.63, 3.8) is 0 Å². The van der Waals surface area contributed by atoms with Crippen LogP contribution in [0, 0.1) is 0 Å². The maximum absolute atomic E-state index is 10.4. The van der Waals surface area contributed by atoms with Crippen LogP contribution in [0.25, 0.3) is 0 Å². The second kappa shape index (κ2) is 19.3. The van der Waals surface area contributed by atoms with Crippen LogP contribution in [0.5, 0.6) is 0 Å². The third-order valence-electron chi connectivity index (χ3n) is 4.41. The molecule has 0 atom stereocenters. The average molecular weight is 325 g/mol. The predicted molar refractivity (Wildman–Crippen MR) is 101 cm³/mol. The molecule has 0 aromatic carbocycles. The Labute approximate surface area is 144 Å². The summed E-state index contributed by atoms with van der Waals surface area (Å²) in [7, 11) is 0. The van der Waals surface area contributed by atoms with E-state index in [-0.39, 0.29) is 0 Å². The molecule has 23 heavy (non-hydrogen) atoms. The summed E-state index contributed by atoms with van der Waals surface area (Å²) in [5.74, 6) is -0.654. The van der Waals surface area contributed by atoms with Gasteiger partial charge in [0.05, 0.1) is 0 Å². The van der Waals surface area contributed by atoms with E-state index < -0.39 is 5.97 Å². The lowest BCUT2D eigenvalue weighted by Gasteiger charge is -2.03. The molecular weight excluding hydrogens is 284 g/mol. The normalized spacial score (nSPS) is 11.3. The van der Waals surface area contributed by atoms with Crippen LogP contribution in [0.2, 0.25) is 0 Å². The van der Waals surface area contributed by atoms with Crippen molar-refractivity contribution < 1.29 is 9.90 Å². The minimum Gasteiger partial charge on any atom is -0.481 e. The highest BCUT2D eigenvalue weighted by Gasteiger charge is 1.97. The van der Waals surface area contributed by atoms with E-state index in [1.807, 2.05) is 0 Å². The first-order chi connectivity index (χ1) is 11.3. The molecule has 0 rings (SSSR count). The number of allylic oxidation sites excluding steroid dienone is 2. The third kappa shape index (κ3) is 21.2. The second-order valence-electron chi connectivity index (χ2n) is 6.76. The Morgan fingerprint density at radius 2 is 1.04 bits per heavy atom. The number of carboxylic acid groups (broad SMARTS) is 1. The highest BCUT2D eigenvalue weighted by molar-refractivity contribution is 5.66. The van der Waals surface area contributed by atoms with Gasteiger partial charge in [0.25, 0.3) is 0 Å². The van der Waals surface area contributed by atoms with Gasteiger partial charge >= 0.3 is 5.97 Å². The minimum absolute atomic E-state index is 0.343. The molecule has 0 aliphatic carbocycles. The number of carbonyl (C=O) groups is 1. The van der Waals surface area contributed by atoms with Crippen molar-refractivity contribution in [2.75, 3.05) is 0 Å². The molecule has 0 aliphatic heterocycles. The van der Waals surface area contributed by atoms with Gasteiger partial charge in [-0.05, 0) is 25.7 Å². The van der Waals surface area contributed by atoms with Gasteiger partial charge in [-0.1, -0.05) is 96.1 Å². The summed E-state index contributed by atoms with van der Waals surface area (Å²) < 4.78 is 0. The Hall–Kier alpha value is -0.790. The Bertz CT molecular complexity index is 271. The van der Waals surface area contributed by atoms with Crippen LogP contribution in [0.15, 0.2) is 12.2 Å². The molecule has 0 aromatic rings. The van der Waals surface area contributed by atoms with Gasteiger partial charge < -0.3 is 5.11 Å². The summed E-state index contributed by atoms with van der Waals surface area (Å²) in [6.45, 7) is 2.19. The molecule has 0 heterocycles. The molecular formula is C21H40O2. The summed E-state index contributed by atoms with van der Waals surface area (Å²) in [6.07, 6.45) is 25.7. The van der Waals surface area contributed by atoms with Crippen LogP contribution in [-0.4, -0.2) is 11.1 Å². The van der Waals surface area contributed by atoms with Crippen LogP contribution >= 0.6 is 0 Å². The lowest BCUT2D eigenvalue weighted by atomic mass is 10.0. The number of aliphatic carboxylic acids is 1. The van der Waals surface area contributed by atoms with E-state index in [1.54, 1.807) is 0 Å². The first-order valence-electron chi connectivity index (χ1n) is 10.1. The van der Waals surface area contributed by atoms with Gasteiger partial charge in [0.15, 0.2) is 0 Å². The monoisotopic (exact) mass is 324 g/mol. The molecule has 0 bridgehead atoms. The van der Waals surface area contributed by atoms with Crippen molar-refractivity contribution in [2.24, 2.45) is 0 Å². The van der Waals surface area contributed by atoms with Crippen molar-refractivity contribution in [1.29, 1.82) is 0 Å². The van der Waals surface area contributed by atoms with Gasteiger partial charge in [0, 0.05) is 6.42 Å². The topological polar surface area (TPSA) is 37.3 Å². The van der Waals surface area contributed by atoms with Gasteiger partial charge in [0.1, 0.15) is 0 Å². The zero-order chi connectivity index (χ0) is 17.0. The first-order valence-corrected chi connectivity index (χ1v) is 10.1. The van der Waals surface area contributed by atoms with E-state index in [0.29, 0.717) is 6.42 Å². The minimum atomic E-state index is -0.654. The van der Waals surface area contributed by atoms with Gasteiger partial charge in [-0.15, -0.1) is 0 Å². The van der Waals surface area contributed by atoms with Crippen LogP contribution < -0.4 is 0 Å². The van der Waals surface area contributed by atoms with E-state index >= 15 is 0 Å². The molecule has 0 unspecified atom stereocenters. The number of rotatable bonds is 18. The summed E-state index contributed by atoms with van der Waals surface area (Å²) >= 11 is 0. The van der Waals surface area contributed by atoms with E-state index in [4.69, 9.17) is 5.11 Å². The summed E-state index contributed by atoms with van der Waals surface area (Å²) in [6, 6.07) is 0. The van der Waals surface area contributed by atoms with Crippen LogP contribution in [0.3, 0.4) is 0 Å². The highest BCUT2D eigenvalue weighted by Crippen LogP contribution is 2.13. The Morgan fingerprint density at radius 1 is 0.652 bits per heavy atom. The maximum atomic E-state index is 10.4. The maximum Gasteiger partial charge on any atom is 0.303 e. The average Bonchev–Trinajstić information content (AvgIpc) is 2.53. The van der Waals surface area contributed by atoms with Gasteiger partial charge in [-0.3, -0.25) is 4.79 Å². The van der Waals surface area contributed by atoms with E-state index in [1.165, 1.54) is 89.9 Å². The molecule has 0 saturated heterocycles. The first kappa shape index (κ1) is 22.2. The fourth-order valence-corrected chi connectivity index (χ4v) is 2.94. The van der Waals surface area contributed by atoms with Crippen LogP contribution in [-0.2, 0) is 4.79 Å². The van der Waals surface area contributed by atoms with Crippen LogP contribution in [0.1, 0.15) is 116 Å². The fourth-order valence-electron chi connectivity index (χ4n) is 2.94. The fraction of sp³-hybridized carbons (Fsp3) is 0.857. The number of unbranched alkanes of at least 4 members (excludes halogenated alkanes) is 14. The summed E-state index contributed by atoms with van der Waals surface area (Å²) in [5, 5.41) is 8.55. The van der Waals surface area contributed by atoms with Crippen molar-refractivity contribution in [1.82, 2.24) is 0 Å². The lowest BCUT2D eigenvalue weighted by Crippen LogP contribution is -1.93. The van der Waals surface area contributed by atoms with Crippen molar-refractivity contribution in [3.05, 3.63) is 12.2 Å². The SMILES string of the molecule is CC/C=C\CCCCCCCCCCCCCCCCC(=O)O. The molecule has 0 fully saturated rings. The Kier molecular flexibility index (Phi) is 18.6. The second-order valence-corrected chi connectivity index (χ2v) is 6.76. The molecule has 0 aliphatic rings. The smallest absolute Gasteiger partial charge is 0.303 e. The molecule has 0 radical (unpaired) electrons. The molecule has 0 spiro atoms. The summed E-state index contributed by atoms with van der Waals surface area (Å²) in [5.41, 5.74) is 0. The molecule has 0 saturated carbocycles. The molecule has 2 heteroatoms. The third-order valence-corrected chi connectivity index (χ3v) is 4.41. The molecule has 2 nitrogen and oxygen atoms in total. The van der Waals surface area contributed by atoms with Gasteiger partial charge in [-0.2, -0.15) is 0 Å². The Morgan fingerprint density at radius 3 is 1.43 bits per heavy atom. The van der Waals surface area contributed by atoms with Gasteiger partial charge in [-0.25, -0.2) is 0 Å². The van der Waals surface area contributed by atoms with E-state index in [9.17, 15) is 4.79 Å². The summed E-state index contributed by atoms with van der Waals surface area (Å²) in [4.78, 5) is 10.4. The largest absolute Gasteiger partial charge is 0.481 e. The zero-order valence-electron chi connectivity index (χ0n) is 15.5. The van der Waals surface area contributed by atoms with Crippen molar-refractivity contribution >= 4 is 5.97 Å². The zero-order valence-corrected chi connectivity index (χ0v) is 15.5. The molecule has 136 valence electrons. The standard InChI is InChI=1S/C21H40O2/c1-2-3-4-5-6-7-8-9-10-11-12-13-14-15-16-17-18-19-20-21(22)23/h3-4H,2,5-20H2,1H3,(H,22,23)/b4-3-. The number of hydrogen-bond donors (Lipinski definition) is 1. The number of hydrogen-bond acceptors (Lipinski definition) is 1. The van der Waals surface area contributed by atoms with Gasteiger partial charge in [0.2, 0.25) is 0 Å². The van der Waals surface area contributed by atoms with Crippen molar-refractivity contribution in [2.45, 2.75) is 116 Å². The predicted octanol–water partition coefficient (Wildman–Crippen LogP) is 7.28. The van der Waals surface area contributed by atoms with E-state index in [0.717, 1.165) is 12.8 Å². The number of carboxylic acids is 1. The lowest BCUT2D eigenvalue weighted by molar-refractivity contribution is -0.137. The Balaban J connectivity index is 3.00. The molecule has 1 N–H and O–H groups in total. The van der Waals surface area contributed by atoms with Crippen LogP contribution in [0.4, 0.5) is 0 Å². The quantitative estimate of drug-likeness (QED) is 0.212. The van der Waals surface area contributed by atoms with E-state index in [2.05, 4.69) is 19.1 Å².